The molecular weight excluding hydrogens is 345 g/mol. The molecule has 0 saturated carbocycles. The molecule has 0 bridgehead atoms. The van der Waals surface area contributed by atoms with E-state index < -0.39 is 0 Å². The molecule has 0 aliphatic heterocycles. The van der Waals surface area contributed by atoms with Gasteiger partial charge in [0.15, 0.2) is 5.82 Å². The number of aromatic amines is 1. The fourth-order valence-corrected chi connectivity index (χ4v) is 3.01. The van der Waals surface area contributed by atoms with Crippen LogP contribution in [0.1, 0.15) is 23.1 Å². The molecular formula is C20H20FN5O. The maximum atomic E-state index is 13.3. The first-order chi connectivity index (χ1) is 13.2. The van der Waals surface area contributed by atoms with Crippen LogP contribution < -0.4 is 0 Å². The first kappa shape index (κ1) is 17.4. The summed E-state index contributed by atoms with van der Waals surface area (Å²) in [5, 5.41) is 4.06. The molecule has 1 N–H and O–H groups in total. The van der Waals surface area contributed by atoms with Gasteiger partial charge in [-0.25, -0.2) is 9.37 Å². The summed E-state index contributed by atoms with van der Waals surface area (Å²) in [4.78, 5) is 14.1. The molecule has 0 radical (unpaired) electrons. The minimum absolute atomic E-state index is 0.278. The van der Waals surface area contributed by atoms with Crippen LogP contribution in [0.25, 0.3) is 11.0 Å². The summed E-state index contributed by atoms with van der Waals surface area (Å²) >= 11 is 0. The molecule has 0 spiro atoms. The van der Waals surface area contributed by atoms with Crippen LogP contribution in [0.5, 0.6) is 0 Å². The number of nitrogens with zero attached hydrogens (tertiary/aromatic N) is 4. The average Bonchev–Trinajstić information content (AvgIpc) is 3.26. The van der Waals surface area contributed by atoms with Crippen molar-refractivity contribution in [3.63, 3.8) is 0 Å². The number of fused-ring (bicyclic) bond motifs is 1. The van der Waals surface area contributed by atoms with Crippen molar-refractivity contribution in [2.75, 3.05) is 7.05 Å². The van der Waals surface area contributed by atoms with E-state index in [1.807, 2.05) is 30.1 Å². The predicted molar refractivity (Wildman–Crippen MR) is 99.4 cm³/mol. The Balaban J connectivity index is 1.33. The van der Waals surface area contributed by atoms with E-state index in [4.69, 9.17) is 4.52 Å². The molecule has 0 unspecified atom stereocenters. The molecule has 6 nitrogen and oxygen atoms in total. The Morgan fingerprint density at radius 1 is 1.04 bits per heavy atom. The molecule has 0 amide bonds. The molecule has 4 rings (SSSR count). The molecule has 0 fully saturated rings. The van der Waals surface area contributed by atoms with E-state index in [9.17, 15) is 4.39 Å². The molecule has 2 aromatic heterocycles. The number of benzene rings is 2. The lowest BCUT2D eigenvalue weighted by Gasteiger charge is -2.11. The summed E-state index contributed by atoms with van der Waals surface area (Å²) in [7, 11) is 1.95. The molecule has 2 heterocycles. The van der Waals surface area contributed by atoms with E-state index in [1.54, 1.807) is 6.07 Å². The zero-order valence-corrected chi connectivity index (χ0v) is 15.0. The minimum Gasteiger partial charge on any atom is -0.341 e. The predicted octanol–water partition coefficient (Wildman–Crippen LogP) is 3.50. The maximum Gasteiger partial charge on any atom is 0.240 e. The first-order valence-corrected chi connectivity index (χ1v) is 8.84. The van der Waals surface area contributed by atoms with Crippen molar-refractivity contribution in [1.29, 1.82) is 0 Å². The van der Waals surface area contributed by atoms with Gasteiger partial charge in [-0.1, -0.05) is 35.5 Å². The number of aromatic nitrogens is 4. The van der Waals surface area contributed by atoms with Gasteiger partial charge in [-0.15, -0.1) is 0 Å². The normalized spacial score (nSPS) is 11.5. The number of nitrogens with one attached hydrogen (secondary N) is 1. The summed E-state index contributed by atoms with van der Waals surface area (Å²) in [5.41, 5.74) is 2.70. The number of rotatable bonds is 7. The van der Waals surface area contributed by atoms with Gasteiger partial charge in [0, 0.05) is 6.42 Å². The van der Waals surface area contributed by atoms with E-state index >= 15 is 0 Å². The smallest absolute Gasteiger partial charge is 0.240 e. The lowest BCUT2D eigenvalue weighted by Crippen LogP contribution is -2.18. The van der Waals surface area contributed by atoms with Crippen LogP contribution >= 0.6 is 0 Å². The van der Waals surface area contributed by atoms with E-state index in [2.05, 4.69) is 32.2 Å². The van der Waals surface area contributed by atoms with Crippen molar-refractivity contribution in [1.82, 2.24) is 25.0 Å². The van der Waals surface area contributed by atoms with Gasteiger partial charge in [-0.3, -0.25) is 4.90 Å². The van der Waals surface area contributed by atoms with Crippen LogP contribution in [0.2, 0.25) is 0 Å². The van der Waals surface area contributed by atoms with E-state index in [1.165, 1.54) is 17.7 Å². The second-order valence-corrected chi connectivity index (χ2v) is 6.61. The topological polar surface area (TPSA) is 70.8 Å². The number of hydrogen-bond donors (Lipinski definition) is 1. The molecule has 0 atom stereocenters. The number of H-pyrrole nitrogens is 1. The molecule has 0 aliphatic rings. The maximum absolute atomic E-state index is 13.3. The number of hydrogen-bond acceptors (Lipinski definition) is 5. The monoisotopic (exact) mass is 365 g/mol. The molecule has 138 valence electrons. The van der Waals surface area contributed by atoms with Gasteiger partial charge >= 0.3 is 0 Å². The van der Waals surface area contributed by atoms with Crippen LogP contribution in [0.3, 0.4) is 0 Å². The van der Waals surface area contributed by atoms with Crippen LogP contribution in [0, 0.1) is 5.82 Å². The Morgan fingerprint density at radius 3 is 2.74 bits per heavy atom. The standard InChI is InChI=1S/C20H20FN5O/c1-26(12-19-22-16-9-8-15(21)11-17(16)23-19)13-20-24-18(25-27-20)10-7-14-5-3-2-4-6-14/h2-6,8-9,11H,7,10,12-13H2,1H3,(H,22,23). The highest BCUT2D eigenvalue weighted by Gasteiger charge is 2.12. The fraction of sp³-hybridized carbons (Fsp3) is 0.250. The summed E-state index contributed by atoms with van der Waals surface area (Å²) in [6.07, 6.45) is 1.62. The highest BCUT2D eigenvalue weighted by atomic mass is 19.1. The third-order valence-corrected chi connectivity index (χ3v) is 4.31. The second kappa shape index (κ2) is 7.67. The van der Waals surface area contributed by atoms with Crippen molar-refractivity contribution in [2.45, 2.75) is 25.9 Å². The number of aryl methyl sites for hydroxylation is 2. The Bertz CT molecular complexity index is 1030. The van der Waals surface area contributed by atoms with Crippen LogP contribution in [0.4, 0.5) is 4.39 Å². The van der Waals surface area contributed by atoms with Gasteiger partial charge in [0.2, 0.25) is 5.89 Å². The summed E-state index contributed by atoms with van der Waals surface area (Å²) in [6, 6.07) is 14.8. The Hall–Kier alpha value is -3.06. The summed E-state index contributed by atoms with van der Waals surface area (Å²) in [5.74, 6) is 1.77. The van der Waals surface area contributed by atoms with Crippen LogP contribution in [-0.4, -0.2) is 32.1 Å². The largest absolute Gasteiger partial charge is 0.341 e. The lowest BCUT2D eigenvalue weighted by atomic mass is 10.1. The quantitative estimate of drug-likeness (QED) is 0.543. The van der Waals surface area contributed by atoms with Gasteiger partial charge in [0.1, 0.15) is 11.6 Å². The van der Waals surface area contributed by atoms with Gasteiger partial charge < -0.3 is 9.51 Å². The van der Waals surface area contributed by atoms with Crippen molar-refractivity contribution in [3.05, 3.63) is 77.5 Å². The van der Waals surface area contributed by atoms with E-state index in [0.29, 0.717) is 30.3 Å². The zero-order chi connectivity index (χ0) is 18.6. The highest BCUT2D eigenvalue weighted by Crippen LogP contribution is 2.14. The van der Waals surface area contributed by atoms with Crippen molar-refractivity contribution >= 4 is 11.0 Å². The molecule has 0 aliphatic carbocycles. The number of halogens is 1. The first-order valence-electron chi connectivity index (χ1n) is 8.84. The third-order valence-electron chi connectivity index (χ3n) is 4.31. The summed E-state index contributed by atoms with van der Waals surface area (Å²) in [6.45, 7) is 1.09. The van der Waals surface area contributed by atoms with Gasteiger partial charge in [-0.2, -0.15) is 4.98 Å². The average molecular weight is 365 g/mol. The van der Waals surface area contributed by atoms with Gasteiger partial charge in [0.25, 0.3) is 0 Å². The van der Waals surface area contributed by atoms with Crippen LogP contribution in [-0.2, 0) is 25.9 Å². The zero-order valence-electron chi connectivity index (χ0n) is 15.0. The lowest BCUT2D eigenvalue weighted by molar-refractivity contribution is 0.256. The van der Waals surface area contributed by atoms with E-state index in [-0.39, 0.29) is 5.82 Å². The Kier molecular flexibility index (Phi) is 4.93. The molecule has 0 saturated heterocycles. The fourth-order valence-electron chi connectivity index (χ4n) is 3.01. The van der Waals surface area contributed by atoms with Crippen molar-refractivity contribution < 1.29 is 8.91 Å². The van der Waals surface area contributed by atoms with Crippen molar-refractivity contribution in [2.24, 2.45) is 0 Å². The molecule has 27 heavy (non-hydrogen) atoms. The van der Waals surface area contributed by atoms with Gasteiger partial charge in [-0.05, 0) is 37.2 Å². The SMILES string of the molecule is CN(Cc1nc2ccc(F)cc2[nH]1)Cc1nc(CCc2ccccc2)no1. The van der Waals surface area contributed by atoms with E-state index in [0.717, 1.165) is 24.2 Å². The van der Waals surface area contributed by atoms with Gasteiger partial charge in [0.05, 0.1) is 24.1 Å². The van der Waals surface area contributed by atoms with Crippen molar-refractivity contribution in [3.8, 4) is 0 Å². The molecule has 4 aromatic rings. The Morgan fingerprint density at radius 2 is 1.89 bits per heavy atom. The molecule has 2 aromatic carbocycles. The second-order valence-electron chi connectivity index (χ2n) is 6.61. The molecule has 7 heteroatoms. The van der Waals surface area contributed by atoms with Crippen LogP contribution in [0.15, 0.2) is 53.1 Å². The minimum atomic E-state index is -0.278. The summed E-state index contributed by atoms with van der Waals surface area (Å²) < 4.78 is 18.6. The highest BCUT2D eigenvalue weighted by molar-refractivity contribution is 5.74. The number of imidazole rings is 1. The third kappa shape index (κ3) is 4.38. The Labute approximate surface area is 156 Å².